The van der Waals surface area contributed by atoms with Gasteiger partial charge in [-0.15, -0.1) is 5.48 Å². The molecule has 1 amide bonds. The lowest BCUT2D eigenvalue weighted by atomic mass is 9.93. The topological polar surface area (TPSA) is 107 Å². The number of nitrogens with zero attached hydrogens (tertiary/aromatic N) is 3. The van der Waals surface area contributed by atoms with E-state index < -0.39 is 24.4 Å². The van der Waals surface area contributed by atoms with Crippen LogP contribution in [0.4, 0.5) is 18.9 Å². The number of ether oxygens (including phenoxy) is 2. The number of benzene rings is 3. The molecule has 2 N–H and O–H groups in total. The fourth-order valence-corrected chi connectivity index (χ4v) is 7.15. The average molecular weight is 724 g/mol. The molecule has 10 nitrogen and oxygen atoms in total. The summed E-state index contributed by atoms with van der Waals surface area (Å²) in [6, 6.07) is 13.1. The van der Waals surface area contributed by atoms with Crippen molar-refractivity contribution in [3.05, 3.63) is 92.8 Å². The number of fused-ring (bicyclic) bond motifs is 2. The quantitative estimate of drug-likeness (QED) is 0.125. The largest absolute Gasteiger partial charge is 0.496 e. The minimum Gasteiger partial charge on any atom is -0.496 e. The van der Waals surface area contributed by atoms with E-state index in [0.29, 0.717) is 30.6 Å². The summed E-state index contributed by atoms with van der Waals surface area (Å²) >= 11 is 6.48. The number of hydrogen-bond donors (Lipinski definition) is 2. The Morgan fingerprint density at radius 3 is 2.59 bits per heavy atom. The van der Waals surface area contributed by atoms with Gasteiger partial charge in [-0.25, -0.2) is 14.3 Å². The van der Waals surface area contributed by atoms with Gasteiger partial charge in [0.1, 0.15) is 22.6 Å². The molecule has 0 radical (unpaired) electrons. The highest BCUT2D eigenvalue weighted by atomic mass is 35.5. The molecule has 1 fully saturated rings. The molecule has 3 aromatic carbocycles. The second kappa shape index (κ2) is 14.2. The van der Waals surface area contributed by atoms with Crippen molar-refractivity contribution < 1.29 is 37.1 Å². The third-order valence-electron chi connectivity index (χ3n) is 9.91. The molecule has 2 heterocycles. The van der Waals surface area contributed by atoms with Gasteiger partial charge >= 0.3 is 5.97 Å². The smallest absolute Gasteiger partial charge is 0.327 e. The minimum atomic E-state index is -2.58. The van der Waals surface area contributed by atoms with E-state index in [1.54, 1.807) is 11.6 Å². The number of hydroxylamine groups is 1. The molecule has 51 heavy (non-hydrogen) atoms. The Morgan fingerprint density at radius 1 is 1.08 bits per heavy atom. The second-order valence-corrected chi connectivity index (χ2v) is 13.4. The molecule has 14 heteroatoms. The number of hydrogen-bond acceptors (Lipinski definition) is 8. The first kappa shape index (κ1) is 34.8. The fraction of sp³-hybridized carbons (Fsp3) is 0.378. The van der Waals surface area contributed by atoms with Crippen molar-refractivity contribution >= 4 is 29.2 Å². The maximum absolute atomic E-state index is 15.5. The van der Waals surface area contributed by atoms with Crippen LogP contribution in [0.3, 0.4) is 0 Å². The van der Waals surface area contributed by atoms with Crippen molar-refractivity contribution in [1.29, 1.82) is 0 Å². The van der Waals surface area contributed by atoms with E-state index in [4.69, 9.17) is 25.9 Å². The molecule has 2 aliphatic carbocycles. The number of rotatable bonds is 11. The first-order chi connectivity index (χ1) is 24.5. The first-order valence-corrected chi connectivity index (χ1v) is 17.2. The molecule has 0 spiro atoms. The Kier molecular flexibility index (Phi) is 9.70. The van der Waals surface area contributed by atoms with Crippen LogP contribution in [0.25, 0.3) is 11.1 Å². The fourth-order valence-electron chi connectivity index (χ4n) is 6.94. The van der Waals surface area contributed by atoms with Crippen LogP contribution in [0.5, 0.6) is 11.5 Å². The predicted molar refractivity (Wildman–Crippen MR) is 183 cm³/mol. The number of amides is 1. The molecule has 0 bridgehead atoms. The molecule has 1 atom stereocenters. The number of aromatic nitrogens is 2. The molecule has 1 unspecified atom stereocenters. The Hall–Kier alpha value is -4.59. The zero-order chi connectivity index (χ0) is 36.0. The van der Waals surface area contributed by atoms with Crippen LogP contribution in [-0.4, -0.2) is 46.5 Å². The Morgan fingerprint density at radius 2 is 1.84 bits per heavy atom. The first-order valence-electron chi connectivity index (χ1n) is 16.8. The van der Waals surface area contributed by atoms with Gasteiger partial charge in [-0.05, 0) is 66.5 Å². The molecule has 7 rings (SSSR count). The van der Waals surface area contributed by atoms with E-state index in [2.05, 4.69) is 15.8 Å². The van der Waals surface area contributed by atoms with E-state index in [1.165, 1.54) is 13.2 Å². The van der Waals surface area contributed by atoms with Crippen molar-refractivity contribution in [3.63, 3.8) is 0 Å². The van der Waals surface area contributed by atoms with Gasteiger partial charge in [0.05, 0.1) is 25.3 Å². The number of imidazole rings is 1. The minimum absolute atomic E-state index is 0.0111. The van der Waals surface area contributed by atoms with Crippen molar-refractivity contribution in [1.82, 2.24) is 19.9 Å². The highest BCUT2D eigenvalue weighted by molar-refractivity contribution is 6.32. The SMILES string of the molecule is COc1cc(OC2CCc3c(-c4cccc(NC(=O)c5nc6c(n5C)CCN(C(F)F)C6)c4C)cccc32)c(Cl)c(F)c1CNOC(=O)C1CC1. The third-order valence-corrected chi connectivity index (χ3v) is 10.3. The lowest BCUT2D eigenvalue weighted by molar-refractivity contribution is -0.153. The zero-order valence-electron chi connectivity index (χ0n) is 28.3. The number of anilines is 1. The standard InChI is InChI=1S/C37H37ClF3N5O5/c1-19-21(6-5-9-26(19)44-35(47)34-43-27-18-46(37(40)41)15-14-28(27)45(34)2)22-7-4-8-24-23(22)12-13-29(24)50-31-16-30(49-3)25(33(39)32(31)38)17-42-51-36(48)20-10-11-20/h4-9,16,20,29,37,42H,10-15,17-18H2,1-3H3,(H,44,47). The number of halogens is 4. The van der Waals surface area contributed by atoms with Gasteiger partial charge in [-0.1, -0.05) is 41.9 Å². The van der Waals surface area contributed by atoms with Crippen molar-refractivity contribution in [2.24, 2.45) is 13.0 Å². The van der Waals surface area contributed by atoms with Gasteiger partial charge < -0.3 is 24.2 Å². The Bertz CT molecular complexity index is 2020. The van der Waals surface area contributed by atoms with Crippen LogP contribution in [0.1, 0.15) is 69.6 Å². The highest BCUT2D eigenvalue weighted by Crippen LogP contribution is 2.44. The van der Waals surface area contributed by atoms with E-state index in [9.17, 15) is 18.4 Å². The number of carbonyl (C=O) groups excluding carboxylic acids is 2. The number of carbonyl (C=O) groups is 2. The average Bonchev–Trinajstić information content (AvgIpc) is 3.82. The number of methoxy groups -OCH3 is 1. The molecular formula is C37H37ClF3N5O5. The van der Waals surface area contributed by atoms with Gasteiger partial charge in [0.25, 0.3) is 12.5 Å². The van der Waals surface area contributed by atoms with Crippen LogP contribution in [0.2, 0.25) is 5.02 Å². The lowest BCUT2D eigenvalue weighted by Crippen LogP contribution is -2.35. The van der Waals surface area contributed by atoms with E-state index in [-0.39, 0.29) is 59.4 Å². The van der Waals surface area contributed by atoms with Crippen LogP contribution in [0, 0.1) is 18.7 Å². The van der Waals surface area contributed by atoms with Gasteiger partial charge in [-0.2, -0.15) is 8.78 Å². The van der Waals surface area contributed by atoms with Gasteiger partial charge in [0.2, 0.25) is 0 Å². The Balaban J connectivity index is 1.09. The maximum Gasteiger partial charge on any atom is 0.327 e. The summed E-state index contributed by atoms with van der Waals surface area (Å²) in [5.41, 5.74) is 9.22. The Labute approximate surface area is 297 Å². The van der Waals surface area contributed by atoms with E-state index in [1.807, 2.05) is 43.3 Å². The monoisotopic (exact) mass is 723 g/mol. The normalized spacial score (nSPS) is 16.9. The van der Waals surface area contributed by atoms with Crippen LogP contribution in [-0.2, 0) is 42.6 Å². The van der Waals surface area contributed by atoms with Gasteiger partial charge in [0.15, 0.2) is 11.6 Å². The summed E-state index contributed by atoms with van der Waals surface area (Å²) in [5.74, 6) is -1.15. The molecule has 1 aromatic heterocycles. The summed E-state index contributed by atoms with van der Waals surface area (Å²) in [4.78, 5) is 35.8. The summed E-state index contributed by atoms with van der Waals surface area (Å²) in [6.07, 6.45) is 2.85. The van der Waals surface area contributed by atoms with Crippen molar-refractivity contribution in [2.45, 2.75) is 64.8 Å². The van der Waals surface area contributed by atoms with Crippen molar-refractivity contribution in [3.8, 4) is 22.6 Å². The molecule has 0 saturated heterocycles. The van der Waals surface area contributed by atoms with E-state index >= 15 is 4.39 Å². The molecule has 4 aromatic rings. The molecular weight excluding hydrogens is 687 g/mol. The number of alkyl halides is 2. The maximum atomic E-state index is 15.5. The predicted octanol–water partition coefficient (Wildman–Crippen LogP) is 7.05. The van der Waals surface area contributed by atoms with Gasteiger partial charge in [0, 0.05) is 49.6 Å². The summed E-state index contributed by atoms with van der Waals surface area (Å²) in [5, 5.41) is 2.78. The van der Waals surface area contributed by atoms with Crippen LogP contribution < -0.4 is 20.3 Å². The zero-order valence-corrected chi connectivity index (χ0v) is 29.1. The molecule has 1 aliphatic heterocycles. The third kappa shape index (κ3) is 6.77. The lowest BCUT2D eigenvalue weighted by Gasteiger charge is -2.25. The summed E-state index contributed by atoms with van der Waals surface area (Å²) < 4.78 is 55.6. The summed E-state index contributed by atoms with van der Waals surface area (Å²) in [6.45, 7) is -0.606. The molecule has 268 valence electrons. The van der Waals surface area contributed by atoms with Gasteiger partial charge in [-0.3, -0.25) is 9.59 Å². The molecule has 1 saturated carbocycles. The molecule has 3 aliphatic rings. The van der Waals surface area contributed by atoms with E-state index in [0.717, 1.165) is 51.3 Å². The van der Waals surface area contributed by atoms with Crippen LogP contribution in [0.15, 0.2) is 42.5 Å². The van der Waals surface area contributed by atoms with Crippen molar-refractivity contribution in [2.75, 3.05) is 19.0 Å². The number of nitrogens with one attached hydrogen (secondary N) is 2. The summed E-state index contributed by atoms with van der Waals surface area (Å²) in [7, 11) is 3.14. The highest BCUT2D eigenvalue weighted by Gasteiger charge is 2.33. The van der Waals surface area contributed by atoms with Crippen LogP contribution >= 0.6 is 11.6 Å². The second-order valence-electron chi connectivity index (χ2n) is 13.0.